The molecule has 3 rings (SSSR count). The highest BCUT2D eigenvalue weighted by atomic mass is 19.1. The first-order valence-electron chi connectivity index (χ1n) is 8.62. The van der Waals surface area contributed by atoms with Crippen LogP contribution in [0.4, 0.5) is 4.39 Å². The van der Waals surface area contributed by atoms with Gasteiger partial charge in [-0.25, -0.2) is 4.39 Å². The SMILES string of the molecule is CC(C(=O)NCc1ccc(F)cc1)N1CCN(C(=O)c2ccoc2)CC1. The lowest BCUT2D eigenvalue weighted by atomic mass is 10.2. The second kappa shape index (κ2) is 8.14. The number of hydrogen-bond acceptors (Lipinski definition) is 4. The first kappa shape index (κ1) is 18.1. The van der Waals surface area contributed by atoms with E-state index in [9.17, 15) is 14.0 Å². The Bertz CT molecular complexity index is 738. The van der Waals surface area contributed by atoms with E-state index >= 15 is 0 Å². The maximum atomic E-state index is 12.9. The van der Waals surface area contributed by atoms with Crippen LogP contribution >= 0.6 is 0 Å². The molecule has 2 amide bonds. The van der Waals surface area contributed by atoms with Crippen LogP contribution in [0.15, 0.2) is 47.3 Å². The second-order valence-electron chi connectivity index (χ2n) is 6.36. The summed E-state index contributed by atoms with van der Waals surface area (Å²) < 4.78 is 17.9. The van der Waals surface area contributed by atoms with Crippen molar-refractivity contribution in [3.05, 3.63) is 59.8 Å². The molecule has 2 aromatic rings. The van der Waals surface area contributed by atoms with Crippen LogP contribution in [0.5, 0.6) is 0 Å². The van der Waals surface area contributed by atoms with E-state index in [1.54, 1.807) is 23.1 Å². The molecule has 0 spiro atoms. The molecule has 6 nitrogen and oxygen atoms in total. The molecule has 0 radical (unpaired) electrons. The number of piperazine rings is 1. The molecule has 0 bridgehead atoms. The van der Waals surface area contributed by atoms with Gasteiger partial charge in [-0.3, -0.25) is 14.5 Å². The van der Waals surface area contributed by atoms with Crippen LogP contribution in [0, 0.1) is 5.82 Å². The molecule has 0 saturated carbocycles. The van der Waals surface area contributed by atoms with E-state index in [-0.39, 0.29) is 23.7 Å². The van der Waals surface area contributed by atoms with E-state index in [1.165, 1.54) is 24.7 Å². The lowest BCUT2D eigenvalue weighted by molar-refractivity contribution is -0.126. The van der Waals surface area contributed by atoms with Gasteiger partial charge in [-0.2, -0.15) is 0 Å². The van der Waals surface area contributed by atoms with Gasteiger partial charge < -0.3 is 14.6 Å². The van der Waals surface area contributed by atoms with Crippen molar-refractivity contribution in [2.24, 2.45) is 0 Å². The highest BCUT2D eigenvalue weighted by molar-refractivity contribution is 5.93. The van der Waals surface area contributed by atoms with Crippen molar-refractivity contribution in [3.63, 3.8) is 0 Å². The molecular formula is C19H22FN3O3. The molecule has 1 saturated heterocycles. The van der Waals surface area contributed by atoms with E-state index in [0.717, 1.165) is 5.56 Å². The summed E-state index contributed by atoms with van der Waals surface area (Å²) in [7, 11) is 0. The number of hydrogen-bond donors (Lipinski definition) is 1. The number of carbonyl (C=O) groups is 2. The standard InChI is InChI=1S/C19H22FN3O3/c1-14(18(24)21-12-15-2-4-17(20)5-3-15)22-7-9-23(10-8-22)19(25)16-6-11-26-13-16/h2-6,11,13-14H,7-10,12H2,1H3,(H,21,24). The number of carbonyl (C=O) groups excluding carboxylic acids is 2. The number of halogens is 1. The lowest BCUT2D eigenvalue weighted by Crippen LogP contribution is -2.54. The zero-order valence-electron chi connectivity index (χ0n) is 14.7. The van der Waals surface area contributed by atoms with Crippen molar-refractivity contribution in [2.75, 3.05) is 26.2 Å². The molecule has 1 unspecified atom stereocenters. The summed E-state index contributed by atoms with van der Waals surface area (Å²) >= 11 is 0. The molecule has 1 aliphatic heterocycles. The summed E-state index contributed by atoms with van der Waals surface area (Å²) in [6.45, 7) is 4.62. The molecule has 2 heterocycles. The Labute approximate surface area is 151 Å². The maximum Gasteiger partial charge on any atom is 0.257 e. The van der Waals surface area contributed by atoms with E-state index < -0.39 is 0 Å². The van der Waals surface area contributed by atoms with Crippen LogP contribution in [0.3, 0.4) is 0 Å². The highest BCUT2D eigenvalue weighted by Crippen LogP contribution is 2.11. The van der Waals surface area contributed by atoms with Crippen LogP contribution in [0.25, 0.3) is 0 Å². The monoisotopic (exact) mass is 359 g/mol. The average Bonchev–Trinajstić information content (AvgIpc) is 3.21. The number of amides is 2. The summed E-state index contributed by atoms with van der Waals surface area (Å²) in [5, 5.41) is 2.88. The van der Waals surface area contributed by atoms with Crippen molar-refractivity contribution in [1.29, 1.82) is 0 Å². The normalized spacial score (nSPS) is 16.3. The van der Waals surface area contributed by atoms with Crippen LogP contribution in [-0.4, -0.2) is 53.8 Å². The third-order valence-electron chi connectivity index (χ3n) is 4.68. The highest BCUT2D eigenvalue weighted by Gasteiger charge is 2.28. The first-order valence-corrected chi connectivity index (χ1v) is 8.62. The van der Waals surface area contributed by atoms with Gasteiger partial charge in [0, 0.05) is 32.7 Å². The van der Waals surface area contributed by atoms with Crippen LogP contribution < -0.4 is 5.32 Å². The van der Waals surface area contributed by atoms with Crippen molar-refractivity contribution in [2.45, 2.75) is 19.5 Å². The fourth-order valence-corrected chi connectivity index (χ4v) is 2.99. The molecular weight excluding hydrogens is 337 g/mol. The number of furan rings is 1. The first-order chi connectivity index (χ1) is 12.5. The number of nitrogens with zero attached hydrogens (tertiary/aromatic N) is 2. The van der Waals surface area contributed by atoms with Crippen molar-refractivity contribution in [1.82, 2.24) is 15.1 Å². The topological polar surface area (TPSA) is 65.8 Å². The van der Waals surface area contributed by atoms with Crippen molar-refractivity contribution < 1.29 is 18.4 Å². The minimum atomic E-state index is -0.295. The number of nitrogens with one attached hydrogen (secondary N) is 1. The van der Waals surface area contributed by atoms with E-state index in [0.29, 0.717) is 38.3 Å². The zero-order chi connectivity index (χ0) is 18.5. The Morgan fingerprint density at radius 3 is 2.46 bits per heavy atom. The summed E-state index contributed by atoms with van der Waals surface area (Å²) in [6, 6.07) is 7.42. The molecule has 0 aliphatic carbocycles. The van der Waals surface area contributed by atoms with Gasteiger partial charge in [0.1, 0.15) is 12.1 Å². The van der Waals surface area contributed by atoms with Crippen molar-refractivity contribution in [3.8, 4) is 0 Å². The van der Waals surface area contributed by atoms with Gasteiger partial charge in [-0.1, -0.05) is 12.1 Å². The van der Waals surface area contributed by atoms with Crippen LogP contribution in [0.1, 0.15) is 22.8 Å². The van der Waals surface area contributed by atoms with Gasteiger partial charge in [0.15, 0.2) is 0 Å². The van der Waals surface area contributed by atoms with Gasteiger partial charge in [0.25, 0.3) is 5.91 Å². The molecule has 1 fully saturated rings. The minimum absolute atomic E-state index is 0.0492. The predicted octanol–water partition coefficient (Wildman–Crippen LogP) is 1.88. The third-order valence-corrected chi connectivity index (χ3v) is 4.68. The van der Waals surface area contributed by atoms with Crippen LogP contribution in [-0.2, 0) is 11.3 Å². The molecule has 1 atom stereocenters. The van der Waals surface area contributed by atoms with E-state index in [1.807, 2.05) is 6.92 Å². The molecule has 1 N–H and O–H groups in total. The quantitative estimate of drug-likeness (QED) is 0.885. The Morgan fingerprint density at radius 1 is 1.15 bits per heavy atom. The molecule has 26 heavy (non-hydrogen) atoms. The Hall–Kier alpha value is -2.67. The van der Waals surface area contributed by atoms with Gasteiger partial charge in [0.2, 0.25) is 5.91 Å². The van der Waals surface area contributed by atoms with Crippen LogP contribution in [0.2, 0.25) is 0 Å². The fraction of sp³-hybridized carbons (Fsp3) is 0.368. The van der Waals surface area contributed by atoms with Gasteiger partial charge in [0.05, 0.1) is 17.9 Å². The van der Waals surface area contributed by atoms with Gasteiger partial charge >= 0.3 is 0 Å². The molecule has 1 aromatic heterocycles. The maximum absolute atomic E-state index is 12.9. The van der Waals surface area contributed by atoms with E-state index in [2.05, 4.69) is 10.2 Å². The van der Waals surface area contributed by atoms with Gasteiger partial charge in [-0.05, 0) is 30.7 Å². The number of rotatable bonds is 5. The number of benzene rings is 1. The largest absolute Gasteiger partial charge is 0.472 e. The predicted molar refractivity (Wildman–Crippen MR) is 93.9 cm³/mol. The summed E-state index contributed by atoms with van der Waals surface area (Å²) in [4.78, 5) is 28.5. The average molecular weight is 359 g/mol. The van der Waals surface area contributed by atoms with Gasteiger partial charge in [-0.15, -0.1) is 0 Å². The molecule has 1 aromatic carbocycles. The summed E-state index contributed by atoms with van der Waals surface area (Å²) in [6.07, 6.45) is 2.93. The lowest BCUT2D eigenvalue weighted by Gasteiger charge is -2.37. The Kier molecular flexibility index (Phi) is 5.68. The Morgan fingerprint density at radius 2 is 1.85 bits per heavy atom. The smallest absolute Gasteiger partial charge is 0.257 e. The molecule has 138 valence electrons. The molecule has 1 aliphatic rings. The second-order valence-corrected chi connectivity index (χ2v) is 6.36. The third kappa shape index (κ3) is 4.29. The minimum Gasteiger partial charge on any atom is -0.472 e. The fourth-order valence-electron chi connectivity index (χ4n) is 2.99. The molecule has 7 heteroatoms. The zero-order valence-corrected chi connectivity index (χ0v) is 14.7. The van der Waals surface area contributed by atoms with Crippen molar-refractivity contribution >= 4 is 11.8 Å². The summed E-state index contributed by atoms with van der Waals surface area (Å²) in [5.74, 6) is -0.424. The van der Waals surface area contributed by atoms with E-state index in [4.69, 9.17) is 4.42 Å². The summed E-state index contributed by atoms with van der Waals surface area (Å²) in [5.41, 5.74) is 1.39. The Balaban J connectivity index is 1.46.